The van der Waals surface area contributed by atoms with E-state index in [0.717, 1.165) is 17.7 Å². The Bertz CT molecular complexity index is 835. The second-order valence-corrected chi connectivity index (χ2v) is 7.20. The third kappa shape index (κ3) is 3.09. The van der Waals surface area contributed by atoms with Crippen LogP contribution in [0.2, 0.25) is 0 Å². The van der Waals surface area contributed by atoms with Gasteiger partial charge in [0, 0.05) is 11.6 Å². The van der Waals surface area contributed by atoms with Gasteiger partial charge in [0.15, 0.2) is 5.54 Å². The number of rotatable bonds is 5. The zero-order valence-electron chi connectivity index (χ0n) is 14.1. The number of nitrogens with zero attached hydrogens (tertiary/aromatic N) is 1. The maximum atomic E-state index is 13.3. The highest BCUT2D eigenvalue weighted by Gasteiger charge is 2.52. The van der Waals surface area contributed by atoms with Gasteiger partial charge >= 0.3 is 5.97 Å². The van der Waals surface area contributed by atoms with Crippen LogP contribution in [0.1, 0.15) is 41.9 Å². The van der Waals surface area contributed by atoms with Crippen molar-refractivity contribution in [3.8, 4) is 0 Å². The van der Waals surface area contributed by atoms with E-state index in [2.05, 4.69) is 36.2 Å². The SMILES string of the molecule is Cc1ccc(C2CC2C(=NC2(C(=O)O)CC2)c2ccc(F)cc2)cc1. The topological polar surface area (TPSA) is 49.7 Å². The molecule has 0 aromatic heterocycles. The first-order valence-corrected chi connectivity index (χ1v) is 8.64. The number of hydrogen-bond acceptors (Lipinski definition) is 2. The lowest BCUT2D eigenvalue weighted by atomic mass is 10.0. The number of aryl methyl sites for hydroxylation is 1. The molecule has 3 nitrogen and oxygen atoms in total. The molecular formula is C21H20FNO2. The highest BCUT2D eigenvalue weighted by atomic mass is 19.1. The van der Waals surface area contributed by atoms with E-state index in [9.17, 15) is 14.3 Å². The predicted octanol–water partition coefficient (Wildman–Crippen LogP) is 4.34. The third-order valence-electron chi connectivity index (χ3n) is 5.24. The second-order valence-electron chi connectivity index (χ2n) is 7.20. The van der Waals surface area contributed by atoms with Gasteiger partial charge in [0.1, 0.15) is 5.82 Å². The van der Waals surface area contributed by atoms with Crippen LogP contribution in [-0.2, 0) is 4.79 Å². The van der Waals surface area contributed by atoms with E-state index in [0.29, 0.717) is 18.8 Å². The average molecular weight is 337 g/mol. The summed E-state index contributed by atoms with van der Waals surface area (Å²) in [4.78, 5) is 16.2. The molecule has 0 heterocycles. The van der Waals surface area contributed by atoms with Crippen molar-refractivity contribution in [2.45, 2.75) is 37.6 Å². The molecule has 2 unspecified atom stereocenters. The van der Waals surface area contributed by atoms with Gasteiger partial charge in [0.25, 0.3) is 0 Å². The standard InChI is InChI=1S/C21H20FNO2/c1-13-2-4-14(5-3-13)17-12-18(17)19(15-6-8-16(22)9-7-15)23-21(10-11-21)20(24)25/h2-9,17-18H,10-12H2,1H3,(H,24,25). The quantitative estimate of drug-likeness (QED) is 0.825. The van der Waals surface area contributed by atoms with Gasteiger partial charge in [-0.1, -0.05) is 42.0 Å². The normalized spacial score (nSPS) is 24.0. The zero-order valence-corrected chi connectivity index (χ0v) is 14.1. The van der Waals surface area contributed by atoms with Gasteiger partial charge in [-0.3, -0.25) is 4.99 Å². The molecule has 2 aliphatic rings. The average Bonchev–Trinajstić information content (AvgIpc) is 3.49. The molecule has 2 atom stereocenters. The number of halogens is 1. The molecule has 0 amide bonds. The summed E-state index contributed by atoms with van der Waals surface area (Å²) in [6, 6.07) is 14.7. The Morgan fingerprint density at radius 3 is 2.32 bits per heavy atom. The Hall–Kier alpha value is -2.49. The summed E-state index contributed by atoms with van der Waals surface area (Å²) < 4.78 is 13.3. The molecule has 0 saturated heterocycles. The van der Waals surface area contributed by atoms with Crippen molar-refractivity contribution in [3.05, 3.63) is 71.0 Å². The minimum absolute atomic E-state index is 0.199. The molecule has 2 aliphatic carbocycles. The fourth-order valence-corrected chi connectivity index (χ4v) is 3.38. The summed E-state index contributed by atoms with van der Waals surface area (Å²) in [6.07, 6.45) is 2.11. The second kappa shape index (κ2) is 5.80. The summed E-state index contributed by atoms with van der Waals surface area (Å²) in [6.45, 7) is 2.06. The monoisotopic (exact) mass is 337 g/mol. The van der Waals surface area contributed by atoms with E-state index in [1.165, 1.54) is 23.3 Å². The molecular weight excluding hydrogens is 317 g/mol. The summed E-state index contributed by atoms with van der Waals surface area (Å²) in [5.41, 5.74) is 3.14. The molecule has 0 radical (unpaired) electrons. The van der Waals surface area contributed by atoms with E-state index in [-0.39, 0.29) is 11.7 Å². The number of aliphatic imine (C=N–C) groups is 1. The Kier molecular flexibility index (Phi) is 3.71. The van der Waals surface area contributed by atoms with Gasteiger partial charge in [-0.25, -0.2) is 9.18 Å². The zero-order chi connectivity index (χ0) is 17.6. The molecule has 0 spiro atoms. The van der Waals surface area contributed by atoms with Crippen LogP contribution in [0.3, 0.4) is 0 Å². The van der Waals surface area contributed by atoms with Crippen LogP contribution in [0, 0.1) is 18.7 Å². The van der Waals surface area contributed by atoms with Gasteiger partial charge in [-0.2, -0.15) is 0 Å². The first-order valence-electron chi connectivity index (χ1n) is 8.64. The molecule has 2 aromatic rings. The number of carbonyl (C=O) groups is 1. The first-order chi connectivity index (χ1) is 12.0. The maximum absolute atomic E-state index is 13.3. The van der Waals surface area contributed by atoms with Crippen molar-refractivity contribution >= 4 is 11.7 Å². The lowest BCUT2D eigenvalue weighted by Gasteiger charge is -2.11. The molecule has 2 aromatic carbocycles. The van der Waals surface area contributed by atoms with Crippen molar-refractivity contribution < 1.29 is 14.3 Å². The smallest absolute Gasteiger partial charge is 0.331 e. The van der Waals surface area contributed by atoms with E-state index >= 15 is 0 Å². The molecule has 0 aliphatic heterocycles. The largest absolute Gasteiger partial charge is 0.479 e. The van der Waals surface area contributed by atoms with E-state index < -0.39 is 11.5 Å². The molecule has 4 heteroatoms. The lowest BCUT2D eigenvalue weighted by molar-refractivity contribution is -0.139. The minimum Gasteiger partial charge on any atom is -0.479 e. The number of hydrogen-bond donors (Lipinski definition) is 1. The van der Waals surface area contributed by atoms with Gasteiger partial charge in [-0.15, -0.1) is 0 Å². The summed E-state index contributed by atoms with van der Waals surface area (Å²) >= 11 is 0. The van der Waals surface area contributed by atoms with Crippen LogP contribution in [0.4, 0.5) is 4.39 Å². The van der Waals surface area contributed by atoms with Crippen LogP contribution in [0.5, 0.6) is 0 Å². The fourth-order valence-electron chi connectivity index (χ4n) is 3.38. The highest BCUT2D eigenvalue weighted by Crippen LogP contribution is 2.51. The Balaban J connectivity index is 1.67. The van der Waals surface area contributed by atoms with Crippen molar-refractivity contribution in [1.82, 2.24) is 0 Å². The van der Waals surface area contributed by atoms with E-state index in [4.69, 9.17) is 0 Å². The molecule has 0 bridgehead atoms. The third-order valence-corrected chi connectivity index (χ3v) is 5.24. The molecule has 4 rings (SSSR count). The molecule has 2 fully saturated rings. The van der Waals surface area contributed by atoms with Crippen LogP contribution < -0.4 is 0 Å². The summed E-state index contributed by atoms with van der Waals surface area (Å²) in [5.74, 6) is -0.605. The first kappa shape index (κ1) is 16.0. The molecule has 2 saturated carbocycles. The Morgan fingerprint density at radius 1 is 1.12 bits per heavy atom. The number of aliphatic carboxylic acids is 1. The maximum Gasteiger partial charge on any atom is 0.331 e. The van der Waals surface area contributed by atoms with Crippen molar-refractivity contribution in [2.75, 3.05) is 0 Å². The van der Waals surface area contributed by atoms with Gasteiger partial charge in [0.2, 0.25) is 0 Å². The van der Waals surface area contributed by atoms with Crippen LogP contribution in [0.25, 0.3) is 0 Å². The summed E-state index contributed by atoms with van der Waals surface area (Å²) in [7, 11) is 0. The van der Waals surface area contributed by atoms with Crippen LogP contribution in [-0.4, -0.2) is 22.3 Å². The van der Waals surface area contributed by atoms with Crippen molar-refractivity contribution in [2.24, 2.45) is 10.9 Å². The minimum atomic E-state index is -0.968. The number of carboxylic acids is 1. The van der Waals surface area contributed by atoms with Gasteiger partial charge in [0.05, 0.1) is 0 Å². The Morgan fingerprint density at radius 2 is 1.76 bits per heavy atom. The predicted molar refractivity (Wildman–Crippen MR) is 94.6 cm³/mol. The van der Waals surface area contributed by atoms with Crippen LogP contribution in [0.15, 0.2) is 53.5 Å². The van der Waals surface area contributed by atoms with E-state index in [1.54, 1.807) is 12.1 Å². The van der Waals surface area contributed by atoms with Gasteiger partial charge in [-0.05, 0) is 55.4 Å². The Labute approximate surface area is 146 Å². The van der Waals surface area contributed by atoms with Crippen LogP contribution >= 0.6 is 0 Å². The molecule has 25 heavy (non-hydrogen) atoms. The fraction of sp³-hybridized carbons (Fsp3) is 0.333. The highest BCUT2D eigenvalue weighted by molar-refractivity contribution is 6.06. The van der Waals surface area contributed by atoms with Crippen molar-refractivity contribution in [3.63, 3.8) is 0 Å². The molecule has 128 valence electrons. The number of carboxylic acid groups (broad SMARTS) is 1. The number of benzene rings is 2. The lowest BCUT2D eigenvalue weighted by Crippen LogP contribution is -2.22. The van der Waals surface area contributed by atoms with Gasteiger partial charge < -0.3 is 5.11 Å². The van der Waals surface area contributed by atoms with E-state index in [1.807, 2.05) is 0 Å². The summed E-state index contributed by atoms with van der Waals surface area (Å²) in [5, 5.41) is 9.49. The molecule has 1 N–H and O–H groups in total. The van der Waals surface area contributed by atoms with Crippen molar-refractivity contribution in [1.29, 1.82) is 0 Å².